The van der Waals surface area contributed by atoms with E-state index in [9.17, 15) is 5.26 Å². The van der Waals surface area contributed by atoms with Crippen molar-refractivity contribution in [2.24, 2.45) is 0 Å². The van der Waals surface area contributed by atoms with Crippen molar-refractivity contribution in [3.05, 3.63) is 34.5 Å². The number of para-hydroxylation sites is 1. The summed E-state index contributed by atoms with van der Waals surface area (Å²) in [5.41, 5.74) is 3.35. The number of nitrogens with zero attached hydrogens (tertiary/aromatic N) is 1. The molecule has 16 heavy (non-hydrogen) atoms. The summed E-state index contributed by atoms with van der Waals surface area (Å²) < 4.78 is 0. The first-order valence-corrected chi connectivity index (χ1v) is 5.87. The molecule has 80 valence electrons. The zero-order valence-corrected chi connectivity index (χ0v) is 9.51. The van der Waals surface area contributed by atoms with Crippen LogP contribution in [0.25, 0.3) is 10.9 Å². The van der Waals surface area contributed by atoms with E-state index < -0.39 is 0 Å². The summed E-state index contributed by atoms with van der Waals surface area (Å²) >= 11 is 6.15. The molecule has 0 aliphatic heterocycles. The molecule has 1 aliphatic rings. The lowest BCUT2D eigenvalue weighted by atomic mass is 9.86. The van der Waals surface area contributed by atoms with Crippen LogP contribution < -0.4 is 0 Å². The first kappa shape index (κ1) is 9.74. The van der Waals surface area contributed by atoms with E-state index >= 15 is 0 Å². The molecule has 0 radical (unpaired) electrons. The van der Waals surface area contributed by atoms with E-state index in [1.54, 1.807) is 0 Å². The van der Waals surface area contributed by atoms with Crippen molar-refractivity contribution in [3.8, 4) is 6.07 Å². The molecule has 2 nitrogen and oxygen atoms in total. The number of hydrogen-bond donors (Lipinski definition) is 1. The maximum absolute atomic E-state index is 9.19. The molecule has 0 bridgehead atoms. The van der Waals surface area contributed by atoms with Gasteiger partial charge in [-0.05, 0) is 30.9 Å². The fraction of sp³-hybridized carbons (Fsp3) is 0.308. The number of aromatic nitrogens is 1. The third kappa shape index (κ3) is 1.25. The van der Waals surface area contributed by atoms with Gasteiger partial charge in [0, 0.05) is 11.1 Å². The molecule has 3 heteroatoms. The lowest BCUT2D eigenvalue weighted by Gasteiger charge is -2.16. The number of benzene rings is 1. The van der Waals surface area contributed by atoms with Crippen molar-refractivity contribution in [3.63, 3.8) is 0 Å². The second-order valence-corrected chi connectivity index (χ2v) is 4.66. The first-order chi connectivity index (χ1) is 7.81. The van der Waals surface area contributed by atoms with Crippen LogP contribution in [0.3, 0.4) is 0 Å². The maximum atomic E-state index is 9.19. The number of rotatable bonds is 0. The van der Waals surface area contributed by atoms with Gasteiger partial charge in [0.05, 0.1) is 22.5 Å². The molecule has 2 aromatic rings. The fourth-order valence-corrected chi connectivity index (χ4v) is 2.83. The van der Waals surface area contributed by atoms with Crippen LogP contribution in [0.15, 0.2) is 18.2 Å². The largest absolute Gasteiger partial charge is 0.357 e. The average molecular weight is 231 g/mol. The molecule has 1 aromatic carbocycles. The average Bonchev–Trinajstić information content (AvgIpc) is 2.69. The van der Waals surface area contributed by atoms with Gasteiger partial charge >= 0.3 is 0 Å². The summed E-state index contributed by atoms with van der Waals surface area (Å²) in [6.07, 6.45) is 3.07. The molecule has 1 aromatic heterocycles. The highest BCUT2D eigenvalue weighted by atomic mass is 35.5. The molecule has 1 unspecified atom stereocenters. The normalized spacial score (nSPS) is 19.4. The lowest BCUT2D eigenvalue weighted by Crippen LogP contribution is -2.06. The van der Waals surface area contributed by atoms with Crippen LogP contribution in [-0.2, 0) is 6.42 Å². The predicted octanol–water partition coefficient (Wildman–Crippen LogP) is 3.76. The van der Waals surface area contributed by atoms with Crippen molar-refractivity contribution in [2.75, 3.05) is 0 Å². The smallest absolute Gasteiger partial charge is 0.0736 e. The zero-order chi connectivity index (χ0) is 11.1. The summed E-state index contributed by atoms with van der Waals surface area (Å²) in [4.78, 5) is 3.37. The summed E-state index contributed by atoms with van der Waals surface area (Å²) in [6, 6.07) is 8.27. The van der Waals surface area contributed by atoms with Gasteiger partial charge in [-0.3, -0.25) is 0 Å². The Labute approximate surface area is 98.8 Å². The molecule has 1 heterocycles. The molecular weight excluding hydrogens is 220 g/mol. The van der Waals surface area contributed by atoms with Gasteiger partial charge < -0.3 is 4.98 Å². The number of halogens is 1. The highest BCUT2D eigenvalue weighted by Crippen LogP contribution is 2.38. The number of aromatic amines is 1. The topological polar surface area (TPSA) is 39.6 Å². The zero-order valence-electron chi connectivity index (χ0n) is 8.76. The van der Waals surface area contributed by atoms with Gasteiger partial charge in [0.15, 0.2) is 0 Å². The third-order valence-electron chi connectivity index (χ3n) is 3.33. The molecule has 1 aliphatic carbocycles. The van der Waals surface area contributed by atoms with E-state index in [4.69, 9.17) is 11.6 Å². The lowest BCUT2D eigenvalue weighted by molar-refractivity contribution is 0.633. The Morgan fingerprint density at radius 3 is 3.12 bits per heavy atom. The highest BCUT2D eigenvalue weighted by Gasteiger charge is 2.24. The van der Waals surface area contributed by atoms with E-state index in [-0.39, 0.29) is 5.92 Å². The minimum Gasteiger partial charge on any atom is -0.357 e. The number of fused-ring (bicyclic) bond motifs is 3. The Hall–Kier alpha value is -1.46. The van der Waals surface area contributed by atoms with Gasteiger partial charge in [0.25, 0.3) is 0 Å². The second-order valence-electron chi connectivity index (χ2n) is 4.25. The summed E-state index contributed by atoms with van der Waals surface area (Å²) in [7, 11) is 0. The summed E-state index contributed by atoms with van der Waals surface area (Å²) in [6.45, 7) is 0. The Bertz CT molecular complexity index is 592. The Balaban J connectivity index is 2.35. The van der Waals surface area contributed by atoms with Gasteiger partial charge in [0.1, 0.15) is 0 Å². The van der Waals surface area contributed by atoms with Crippen LogP contribution in [0.4, 0.5) is 0 Å². The predicted molar refractivity (Wildman–Crippen MR) is 64.6 cm³/mol. The maximum Gasteiger partial charge on any atom is 0.0736 e. The van der Waals surface area contributed by atoms with Crippen molar-refractivity contribution in [2.45, 2.75) is 25.2 Å². The minimum atomic E-state index is 0.0240. The highest BCUT2D eigenvalue weighted by molar-refractivity contribution is 6.35. The van der Waals surface area contributed by atoms with Gasteiger partial charge in [-0.2, -0.15) is 5.26 Å². The number of H-pyrrole nitrogens is 1. The van der Waals surface area contributed by atoms with Gasteiger partial charge in [-0.1, -0.05) is 23.7 Å². The SMILES string of the molecule is N#CC1CCCc2[nH]c3c(Cl)cccc3c21. The Morgan fingerprint density at radius 2 is 2.31 bits per heavy atom. The molecule has 0 saturated heterocycles. The number of aryl methyl sites for hydroxylation is 1. The van der Waals surface area contributed by atoms with E-state index in [0.717, 1.165) is 35.2 Å². The molecule has 0 fully saturated rings. The van der Waals surface area contributed by atoms with E-state index in [2.05, 4.69) is 11.1 Å². The molecule has 0 spiro atoms. The van der Waals surface area contributed by atoms with Crippen molar-refractivity contribution < 1.29 is 0 Å². The Morgan fingerprint density at radius 1 is 1.44 bits per heavy atom. The van der Waals surface area contributed by atoms with Gasteiger partial charge in [-0.15, -0.1) is 0 Å². The number of hydrogen-bond acceptors (Lipinski definition) is 1. The van der Waals surface area contributed by atoms with E-state index in [0.29, 0.717) is 0 Å². The van der Waals surface area contributed by atoms with Crippen LogP contribution in [0.2, 0.25) is 5.02 Å². The molecule has 0 saturated carbocycles. The van der Waals surface area contributed by atoms with Crippen LogP contribution >= 0.6 is 11.6 Å². The number of nitrogens with one attached hydrogen (secondary N) is 1. The van der Waals surface area contributed by atoms with E-state index in [1.165, 1.54) is 11.3 Å². The van der Waals surface area contributed by atoms with Crippen molar-refractivity contribution in [1.82, 2.24) is 4.98 Å². The fourth-order valence-electron chi connectivity index (χ4n) is 2.61. The third-order valence-corrected chi connectivity index (χ3v) is 3.64. The quantitative estimate of drug-likeness (QED) is 0.735. The number of nitriles is 1. The summed E-state index contributed by atoms with van der Waals surface area (Å²) in [5.74, 6) is 0.0240. The minimum absolute atomic E-state index is 0.0240. The van der Waals surface area contributed by atoms with E-state index in [1.807, 2.05) is 18.2 Å². The van der Waals surface area contributed by atoms with Gasteiger partial charge in [0.2, 0.25) is 0 Å². The second kappa shape index (κ2) is 3.54. The first-order valence-electron chi connectivity index (χ1n) is 5.50. The molecular formula is C13H11ClN2. The van der Waals surface area contributed by atoms with Crippen LogP contribution in [0.5, 0.6) is 0 Å². The molecule has 1 N–H and O–H groups in total. The standard InChI is InChI=1S/C13H11ClN2/c14-10-5-2-4-9-12-8(7-15)3-1-6-11(12)16-13(9)10/h2,4-5,8,16H,1,3,6H2. The van der Waals surface area contributed by atoms with Gasteiger partial charge in [-0.25, -0.2) is 0 Å². The summed E-state index contributed by atoms with van der Waals surface area (Å²) in [5, 5.41) is 11.0. The monoisotopic (exact) mass is 230 g/mol. The molecule has 1 atom stereocenters. The van der Waals surface area contributed by atoms with Crippen molar-refractivity contribution >= 4 is 22.5 Å². The van der Waals surface area contributed by atoms with Crippen molar-refractivity contribution in [1.29, 1.82) is 5.26 Å². The van der Waals surface area contributed by atoms with Crippen LogP contribution in [-0.4, -0.2) is 4.98 Å². The molecule has 3 rings (SSSR count). The van der Waals surface area contributed by atoms with Crippen LogP contribution in [0, 0.1) is 11.3 Å². The Kier molecular flexibility index (Phi) is 2.15. The van der Waals surface area contributed by atoms with Crippen LogP contribution in [0.1, 0.15) is 30.0 Å². The molecule has 0 amide bonds.